The first-order chi connectivity index (χ1) is 9.69. The van der Waals surface area contributed by atoms with Gasteiger partial charge in [-0.2, -0.15) is 0 Å². The molecule has 0 N–H and O–H groups in total. The van der Waals surface area contributed by atoms with Gasteiger partial charge in [-0.3, -0.25) is 0 Å². The molecule has 1 radical (unpaired) electrons. The van der Waals surface area contributed by atoms with Crippen molar-refractivity contribution in [3.05, 3.63) is 53.7 Å². The normalized spacial score (nSPS) is 20.1. The maximum atomic E-state index is 4.46. The molecule has 1 aromatic heterocycles. The van der Waals surface area contributed by atoms with E-state index in [1.807, 2.05) is 18.3 Å². The van der Waals surface area contributed by atoms with Crippen LogP contribution in [-0.4, -0.2) is 4.98 Å². The van der Waals surface area contributed by atoms with Gasteiger partial charge in [-0.15, -0.1) is 34.9 Å². The fourth-order valence-electron chi connectivity index (χ4n) is 3.65. The minimum absolute atomic E-state index is 0. The molecule has 0 unspecified atom stereocenters. The van der Waals surface area contributed by atoms with Crippen LogP contribution in [0.15, 0.2) is 36.5 Å². The van der Waals surface area contributed by atoms with E-state index >= 15 is 0 Å². The van der Waals surface area contributed by atoms with Crippen LogP contribution in [0.4, 0.5) is 0 Å². The minimum Gasteiger partial charge on any atom is -0.305 e. The summed E-state index contributed by atoms with van der Waals surface area (Å²) < 4.78 is 0. The van der Waals surface area contributed by atoms with Crippen molar-refractivity contribution in [2.45, 2.75) is 52.4 Å². The topological polar surface area (TPSA) is 12.9 Å². The van der Waals surface area contributed by atoms with Crippen molar-refractivity contribution in [1.82, 2.24) is 4.98 Å². The van der Waals surface area contributed by atoms with E-state index in [-0.39, 0.29) is 36.4 Å². The summed E-state index contributed by atoms with van der Waals surface area (Å²) in [6.07, 6.45) is 1.84. The van der Waals surface area contributed by atoms with Gasteiger partial charge >= 0.3 is 0 Å². The Morgan fingerprint density at radius 2 is 1.55 bits per heavy atom. The zero-order valence-corrected chi connectivity index (χ0v) is 16.6. The monoisotopic (exact) mass is 471 g/mol. The summed E-state index contributed by atoms with van der Waals surface area (Å²) in [5.41, 5.74) is 5.43. The summed E-state index contributed by atoms with van der Waals surface area (Å²) >= 11 is 0. The molecule has 119 valence electrons. The molecule has 0 amide bonds. The molecule has 0 saturated heterocycles. The molecule has 0 bridgehead atoms. The molecule has 3 rings (SSSR count). The SMILES string of the molecule is CC1(C)c2c[c-]c(-c3ccccn3)cc2C(C)(C)C1(C)C.[Ir]. The van der Waals surface area contributed by atoms with Crippen LogP contribution in [0, 0.1) is 11.5 Å². The van der Waals surface area contributed by atoms with Crippen LogP contribution < -0.4 is 0 Å². The zero-order valence-electron chi connectivity index (χ0n) is 14.2. The predicted molar refractivity (Wildman–Crippen MR) is 88.3 cm³/mol. The molecule has 1 aliphatic rings. The molecule has 0 saturated carbocycles. The Labute approximate surface area is 147 Å². The van der Waals surface area contributed by atoms with Crippen LogP contribution in [0.25, 0.3) is 11.3 Å². The van der Waals surface area contributed by atoms with Crippen molar-refractivity contribution < 1.29 is 20.1 Å². The van der Waals surface area contributed by atoms with E-state index in [1.165, 1.54) is 11.1 Å². The maximum absolute atomic E-state index is 4.46. The van der Waals surface area contributed by atoms with E-state index in [9.17, 15) is 0 Å². The second-order valence-electron chi connectivity index (χ2n) is 7.76. The molecular weight excluding hydrogens is 446 g/mol. The fraction of sp³-hybridized carbons (Fsp3) is 0.450. The predicted octanol–water partition coefficient (Wildman–Crippen LogP) is 5.14. The molecule has 2 aromatic rings. The van der Waals surface area contributed by atoms with Gasteiger partial charge in [0, 0.05) is 26.3 Å². The number of hydrogen-bond donors (Lipinski definition) is 0. The molecule has 2 heteroatoms. The van der Waals surface area contributed by atoms with Crippen molar-refractivity contribution in [2.24, 2.45) is 5.41 Å². The number of benzene rings is 1. The van der Waals surface area contributed by atoms with E-state index in [0.717, 1.165) is 11.3 Å². The Morgan fingerprint density at radius 3 is 2.14 bits per heavy atom. The third kappa shape index (κ3) is 2.12. The average Bonchev–Trinajstić information content (AvgIpc) is 2.56. The molecule has 1 aliphatic carbocycles. The molecule has 1 aromatic carbocycles. The van der Waals surface area contributed by atoms with Crippen molar-refractivity contribution in [3.8, 4) is 11.3 Å². The maximum Gasteiger partial charge on any atom is 0.0160 e. The van der Waals surface area contributed by atoms with Gasteiger partial charge in [-0.05, 0) is 28.0 Å². The van der Waals surface area contributed by atoms with E-state index in [4.69, 9.17) is 0 Å². The van der Waals surface area contributed by atoms with Crippen LogP contribution in [-0.2, 0) is 30.9 Å². The molecule has 1 nitrogen and oxygen atoms in total. The molecule has 0 atom stereocenters. The number of hydrogen-bond acceptors (Lipinski definition) is 1. The Morgan fingerprint density at radius 1 is 0.909 bits per heavy atom. The smallest absolute Gasteiger partial charge is 0.0160 e. The van der Waals surface area contributed by atoms with Gasteiger partial charge in [0.1, 0.15) is 0 Å². The number of fused-ring (bicyclic) bond motifs is 1. The first-order valence-electron chi connectivity index (χ1n) is 7.68. The first kappa shape index (κ1) is 17.4. The van der Waals surface area contributed by atoms with E-state index < -0.39 is 0 Å². The van der Waals surface area contributed by atoms with Crippen LogP contribution in [0.2, 0.25) is 0 Å². The quantitative estimate of drug-likeness (QED) is 0.526. The van der Waals surface area contributed by atoms with Gasteiger partial charge in [-0.25, -0.2) is 0 Å². The average molecular weight is 471 g/mol. The van der Waals surface area contributed by atoms with Crippen molar-refractivity contribution in [3.63, 3.8) is 0 Å². The molecule has 1 heterocycles. The number of aromatic nitrogens is 1. The fourth-order valence-corrected chi connectivity index (χ4v) is 3.65. The third-order valence-corrected chi connectivity index (χ3v) is 6.36. The van der Waals surface area contributed by atoms with Gasteiger partial charge in [0.2, 0.25) is 0 Å². The molecule has 0 aliphatic heterocycles. The second kappa shape index (κ2) is 5.28. The third-order valence-electron chi connectivity index (χ3n) is 6.36. The first-order valence-corrected chi connectivity index (χ1v) is 7.68. The van der Waals surface area contributed by atoms with Crippen molar-refractivity contribution in [2.75, 3.05) is 0 Å². The van der Waals surface area contributed by atoms with E-state index in [1.54, 1.807) is 0 Å². The molecule has 0 fully saturated rings. The summed E-state index contributed by atoms with van der Waals surface area (Å²) in [6, 6.07) is 14.0. The summed E-state index contributed by atoms with van der Waals surface area (Å²) in [7, 11) is 0. The van der Waals surface area contributed by atoms with Crippen molar-refractivity contribution in [1.29, 1.82) is 0 Å². The summed E-state index contributed by atoms with van der Waals surface area (Å²) in [5, 5.41) is 0. The number of pyridine rings is 1. The second-order valence-corrected chi connectivity index (χ2v) is 7.76. The Kier molecular flexibility index (Phi) is 4.17. The summed E-state index contributed by atoms with van der Waals surface area (Å²) in [5.74, 6) is 0. The van der Waals surface area contributed by atoms with Crippen LogP contribution in [0.1, 0.15) is 52.7 Å². The van der Waals surface area contributed by atoms with Crippen LogP contribution in [0.5, 0.6) is 0 Å². The largest absolute Gasteiger partial charge is 0.305 e. The Bertz CT molecular complexity index is 684. The van der Waals surface area contributed by atoms with E-state index in [0.29, 0.717) is 0 Å². The molecular formula is C20H24IrN-. The van der Waals surface area contributed by atoms with Crippen LogP contribution in [0.3, 0.4) is 0 Å². The zero-order chi connectivity index (χ0) is 15.5. The van der Waals surface area contributed by atoms with Gasteiger partial charge in [0.15, 0.2) is 0 Å². The standard InChI is InChI=1S/C20H24N.Ir/c1-18(2)15-11-10-14(17-9-7-8-12-21-17)13-16(15)19(3,4)20(18,5)6;/h7-9,11-13H,1-6H3;/q-1;. The number of rotatable bonds is 1. The van der Waals surface area contributed by atoms with Crippen molar-refractivity contribution >= 4 is 0 Å². The van der Waals surface area contributed by atoms with Gasteiger partial charge in [0.05, 0.1) is 0 Å². The number of nitrogens with zero attached hydrogens (tertiary/aromatic N) is 1. The molecule has 22 heavy (non-hydrogen) atoms. The van der Waals surface area contributed by atoms with Gasteiger partial charge in [0.25, 0.3) is 0 Å². The minimum atomic E-state index is 0. The van der Waals surface area contributed by atoms with Crippen LogP contribution >= 0.6 is 0 Å². The molecule has 0 spiro atoms. The Hall–Kier alpha value is -0.981. The van der Waals surface area contributed by atoms with E-state index in [2.05, 4.69) is 70.8 Å². The van der Waals surface area contributed by atoms with Gasteiger partial charge < -0.3 is 4.98 Å². The summed E-state index contributed by atoms with van der Waals surface area (Å²) in [4.78, 5) is 4.46. The van der Waals surface area contributed by atoms with Gasteiger partial charge in [-0.1, -0.05) is 53.7 Å². The Balaban J connectivity index is 0.00000176. The summed E-state index contributed by atoms with van der Waals surface area (Å²) in [6.45, 7) is 14.2.